The van der Waals surface area contributed by atoms with Crippen molar-refractivity contribution in [1.29, 1.82) is 0 Å². The van der Waals surface area contributed by atoms with Gasteiger partial charge in [-0.05, 0) is 55.3 Å². The van der Waals surface area contributed by atoms with Crippen molar-refractivity contribution in [2.75, 3.05) is 37.6 Å². The Hall–Kier alpha value is -3.45. The molecule has 4 aromatic rings. The molecule has 0 unspecified atom stereocenters. The fraction of sp³-hybridized carbons (Fsp3) is 0.292. The van der Waals surface area contributed by atoms with Gasteiger partial charge in [0.2, 0.25) is 0 Å². The second kappa shape index (κ2) is 8.35. The van der Waals surface area contributed by atoms with Gasteiger partial charge in [0, 0.05) is 49.5 Å². The summed E-state index contributed by atoms with van der Waals surface area (Å²) < 4.78 is 1.46. The molecule has 1 fully saturated rings. The molecule has 7 nitrogen and oxygen atoms in total. The minimum atomic E-state index is -0.285. The number of nitrogens with one attached hydrogen (secondary N) is 1. The molecule has 1 saturated heterocycles. The average Bonchev–Trinajstić information content (AvgIpc) is 3.23. The van der Waals surface area contributed by atoms with Gasteiger partial charge in [0.25, 0.3) is 0 Å². The lowest BCUT2D eigenvalue weighted by Gasteiger charge is -2.36. The summed E-state index contributed by atoms with van der Waals surface area (Å²) in [7, 11) is 0. The average molecular weight is 415 g/mol. The van der Waals surface area contributed by atoms with E-state index in [4.69, 9.17) is 0 Å². The lowest BCUT2D eigenvalue weighted by molar-refractivity contribution is 0.261. The highest BCUT2D eigenvalue weighted by Gasteiger charge is 2.18. The molecule has 158 valence electrons. The van der Waals surface area contributed by atoms with Gasteiger partial charge in [0.15, 0.2) is 0 Å². The monoisotopic (exact) mass is 414 g/mol. The third-order valence-corrected chi connectivity index (χ3v) is 6.00. The predicted octanol–water partition coefficient (Wildman–Crippen LogP) is 2.78. The van der Waals surface area contributed by atoms with Gasteiger partial charge in [-0.1, -0.05) is 18.2 Å². The third-order valence-electron chi connectivity index (χ3n) is 6.00. The van der Waals surface area contributed by atoms with E-state index in [-0.39, 0.29) is 5.69 Å². The van der Waals surface area contributed by atoms with Crippen molar-refractivity contribution in [3.05, 3.63) is 82.7 Å². The third kappa shape index (κ3) is 4.09. The van der Waals surface area contributed by atoms with Crippen LogP contribution in [-0.2, 0) is 6.42 Å². The Morgan fingerprint density at radius 1 is 1.00 bits per heavy atom. The van der Waals surface area contributed by atoms with E-state index in [0.717, 1.165) is 56.0 Å². The number of rotatable bonds is 5. The van der Waals surface area contributed by atoms with E-state index in [1.54, 1.807) is 0 Å². The normalized spacial score (nSPS) is 14.9. The Kier molecular flexibility index (Phi) is 5.26. The first-order valence-electron chi connectivity index (χ1n) is 10.7. The molecule has 0 aliphatic carbocycles. The Bertz CT molecular complexity index is 1250. The molecule has 2 aromatic carbocycles. The number of H-pyrrole nitrogens is 1. The van der Waals surface area contributed by atoms with E-state index in [0.29, 0.717) is 0 Å². The number of hydrogen-bond donors (Lipinski definition) is 1. The molecule has 3 heterocycles. The molecule has 0 radical (unpaired) electrons. The molecule has 0 bridgehead atoms. The van der Waals surface area contributed by atoms with Crippen LogP contribution in [0.1, 0.15) is 11.3 Å². The van der Waals surface area contributed by atoms with Gasteiger partial charge < -0.3 is 4.90 Å². The number of anilines is 1. The Morgan fingerprint density at radius 3 is 2.65 bits per heavy atom. The van der Waals surface area contributed by atoms with Crippen LogP contribution < -0.4 is 10.6 Å². The van der Waals surface area contributed by atoms with Gasteiger partial charge in [0.05, 0.1) is 11.2 Å². The predicted molar refractivity (Wildman–Crippen MR) is 123 cm³/mol. The lowest BCUT2D eigenvalue weighted by Crippen LogP contribution is -2.47. The van der Waals surface area contributed by atoms with E-state index in [1.807, 2.05) is 19.1 Å². The van der Waals surface area contributed by atoms with Crippen LogP contribution >= 0.6 is 0 Å². The largest absolute Gasteiger partial charge is 0.368 e. The first-order valence-corrected chi connectivity index (χ1v) is 10.7. The Labute approximate surface area is 181 Å². The van der Waals surface area contributed by atoms with Gasteiger partial charge in [-0.15, -0.1) is 0 Å². The van der Waals surface area contributed by atoms with Gasteiger partial charge in [-0.3, -0.25) is 15.0 Å². The highest BCUT2D eigenvalue weighted by molar-refractivity contribution is 5.92. The topological polar surface area (TPSA) is 70.1 Å². The van der Waals surface area contributed by atoms with Crippen molar-refractivity contribution >= 4 is 16.6 Å². The van der Waals surface area contributed by atoms with Crippen LogP contribution in [0.25, 0.3) is 16.6 Å². The van der Waals surface area contributed by atoms with Gasteiger partial charge in [0.1, 0.15) is 6.33 Å². The summed E-state index contributed by atoms with van der Waals surface area (Å²) in [5, 5.41) is 4.09. The standard InChI is InChI=1S/C24H26N6O/c1-18-8-9-21-22(27-18)6-3-7-23(21)29-14-12-28(13-15-29)11-10-19-4-2-5-20(16-19)30-24(31)25-17-26-30/h2-9,16-17H,10-15H2,1H3,(H,25,26,31). The summed E-state index contributed by atoms with van der Waals surface area (Å²) in [6.45, 7) is 7.14. The number of aromatic amines is 1. The summed E-state index contributed by atoms with van der Waals surface area (Å²) in [5.74, 6) is 0. The molecule has 0 amide bonds. The SMILES string of the molecule is Cc1ccc2c(N3CCN(CCc4cccc(-n5[nH]cnc5=O)c4)CC3)cccc2n1. The minimum absolute atomic E-state index is 0.285. The van der Waals surface area contributed by atoms with Crippen molar-refractivity contribution in [2.45, 2.75) is 13.3 Å². The fourth-order valence-electron chi connectivity index (χ4n) is 4.31. The van der Waals surface area contributed by atoms with Crippen LogP contribution in [0.3, 0.4) is 0 Å². The number of aromatic nitrogens is 4. The number of benzene rings is 2. The first kappa shape index (κ1) is 19.5. The summed E-state index contributed by atoms with van der Waals surface area (Å²) in [5.41, 5.74) is 5.16. The van der Waals surface area contributed by atoms with E-state index in [1.165, 1.54) is 27.6 Å². The van der Waals surface area contributed by atoms with Gasteiger partial charge >= 0.3 is 5.69 Å². The molecule has 1 aliphatic rings. The van der Waals surface area contributed by atoms with Crippen LogP contribution in [0.2, 0.25) is 0 Å². The summed E-state index contributed by atoms with van der Waals surface area (Å²) >= 11 is 0. The quantitative estimate of drug-likeness (QED) is 0.544. The molecular weight excluding hydrogens is 388 g/mol. The second-order valence-electron chi connectivity index (χ2n) is 8.05. The summed E-state index contributed by atoms with van der Waals surface area (Å²) in [6.07, 6.45) is 2.37. The molecule has 7 heteroatoms. The molecular formula is C24H26N6O. The fourth-order valence-corrected chi connectivity index (χ4v) is 4.31. The highest BCUT2D eigenvalue weighted by atomic mass is 16.1. The number of pyridine rings is 1. The zero-order chi connectivity index (χ0) is 21.2. The van der Waals surface area contributed by atoms with Crippen LogP contribution in [0, 0.1) is 6.92 Å². The van der Waals surface area contributed by atoms with E-state index < -0.39 is 0 Å². The van der Waals surface area contributed by atoms with Gasteiger partial charge in [-0.2, -0.15) is 4.98 Å². The Morgan fingerprint density at radius 2 is 1.84 bits per heavy atom. The molecule has 0 spiro atoms. The number of aryl methyl sites for hydroxylation is 1. The van der Waals surface area contributed by atoms with Crippen LogP contribution in [0.4, 0.5) is 5.69 Å². The van der Waals surface area contributed by atoms with Crippen molar-refractivity contribution in [1.82, 2.24) is 24.6 Å². The maximum atomic E-state index is 11.8. The van der Waals surface area contributed by atoms with Crippen molar-refractivity contribution in [3.8, 4) is 5.69 Å². The maximum absolute atomic E-state index is 11.8. The lowest BCUT2D eigenvalue weighted by atomic mass is 10.1. The summed E-state index contributed by atoms with van der Waals surface area (Å²) in [4.78, 5) is 25.2. The van der Waals surface area contributed by atoms with E-state index in [9.17, 15) is 4.79 Å². The van der Waals surface area contributed by atoms with Crippen molar-refractivity contribution < 1.29 is 0 Å². The van der Waals surface area contributed by atoms with Crippen LogP contribution in [0.5, 0.6) is 0 Å². The molecule has 1 aliphatic heterocycles. The minimum Gasteiger partial charge on any atom is -0.368 e. The summed E-state index contributed by atoms with van der Waals surface area (Å²) in [6, 6.07) is 18.8. The second-order valence-corrected chi connectivity index (χ2v) is 8.05. The van der Waals surface area contributed by atoms with Crippen LogP contribution in [0.15, 0.2) is 65.7 Å². The number of piperazine rings is 1. The maximum Gasteiger partial charge on any atom is 0.368 e. The zero-order valence-electron chi connectivity index (χ0n) is 17.7. The number of fused-ring (bicyclic) bond motifs is 1. The van der Waals surface area contributed by atoms with E-state index >= 15 is 0 Å². The number of hydrogen-bond acceptors (Lipinski definition) is 5. The first-order chi connectivity index (χ1) is 15.2. The van der Waals surface area contributed by atoms with Crippen molar-refractivity contribution in [3.63, 3.8) is 0 Å². The molecule has 0 saturated carbocycles. The number of nitrogens with zero attached hydrogens (tertiary/aromatic N) is 5. The van der Waals surface area contributed by atoms with Crippen LogP contribution in [-0.4, -0.2) is 57.4 Å². The smallest absolute Gasteiger partial charge is 0.368 e. The van der Waals surface area contributed by atoms with Crippen molar-refractivity contribution in [2.24, 2.45) is 0 Å². The molecule has 2 aromatic heterocycles. The highest BCUT2D eigenvalue weighted by Crippen LogP contribution is 2.27. The van der Waals surface area contributed by atoms with E-state index in [2.05, 4.69) is 67.3 Å². The molecule has 31 heavy (non-hydrogen) atoms. The molecule has 5 rings (SSSR count). The zero-order valence-corrected chi connectivity index (χ0v) is 17.7. The Balaban J connectivity index is 1.21. The van der Waals surface area contributed by atoms with Gasteiger partial charge in [-0.25, -0.2) is 9.48 Å². The molecule has 0 atom stereocenters. The molecule has 1 N–H and O–H groups in total.